The molecule has 2 aromatic heterocycles. The SMILES string of the molecule is O=C(O)[C@@H]1C[C@H](SC[C@H]2O[C@@H](n3cnc4c(NCCc5ccc(-c6ccccc6)cc5)ncnc43)[C@H](O)[C@@H]2O)CN1. The van der Waals surface area contributed by atoms with Crippen molar-refractivity contribution in [2.75, 3.05) is 24.2 Å². The highest BCUT2D eigenvalue weighted by molar-refractivity contribution is 8.00. The summed E-state index contributed by atoms with van der Waals surface area (Å²) in [7, 11) is 0. The summed E-state index contributed by atoms with van der Waals surface area (Å²) in [6.07, 6.45) is 0.539. The van der Waals surface area contributed by atoms with Crippen LogP contribution in [0.3, 0.4) is 0 Å². The molecule has 4 heterocycles. The number of aliphatic hydroxyl groups excluding tert-OH is 2. The van der Waals surface area contributed by atoms with Gasteiger partial charge in [-0.2, -0.15) is 11.8 Å². The average Bonchev–Trinajstić information content (AvgIpc) is 3.72. The van der Waals surface area contributed by atoms with Crippen LogP contribution in [0.4, 0.5) is 5.82 Å². The van der Waals surface area contributed by atoms with Crippen LogP contribution in [0.2, 0.25) is 0 Å². The predicted octanol–water partition coefficient (Wildman–Crippen LogP) is 2.32. The molecule has 2 fully saturated rings. The molecule has 4 aromatic rings. The third-order valence-electron chi connectivity index (χ3n) is 7.62. The third-order valence-corrected chi connectivity index (χ3v) is 8.97. The molecule has 6 atom stereocenters. The number of hydrogen-bond donors (Lipinski definition) is 5. The number of thioether (sulfide) groups is 1. The topological polar surface area (TPSA) is 155 Å². The van der Waals surface area contributed by atoms with Gasteiger partial charge in [-0.1, -0.05) is 54.6 Å². The van der Waals surface area contributed by atoms with Crippen molar-refractivity contribution < 1.29 is 24.9 Å². The maximum atomic E-state index is 11.2. The van der Waals surface area contributed by atoms with E-state index in [1.54, 1.807) is 10.9 Å². The summed E-state index contributed by atoms with van der Waals surface area (Å²) in [5.41, 5.74) is 4.59. The van der Waals surface area contributed by atoms with Gasteiger partial charge in [0.15, 0.2) is 23.2 Å². The molecule has 214 valence electrons. The molecule has 12 heteroatoms. The zero-order valence-electron chi connectivity index (χ0n) is 22.2. The van der Waals surface area contributed by atoms with Crippen LogP contribution in [-0.2, 0) is 16.0 Å². The number of nitrogens with zero attached hydrogens (tertiary/aromatic N) is 4. The van der Waals surface area contributed by atoms with Crippen molar-refractivity contribution in [2.24, 2.45) is 0 Å². The molecule has 2 aliphatic rings. The molecular formula is C29H32N6O5S. The zero-order chi connectivity index (χ0) is 28.3. The van der Waals surface area contributed by atoms with E-state index >= 15 is 0 Å². The number of fused-ring (bicyclic) bond motifs is 1. The normalized spacial score (nSPS) is 26.0. The van der Waals surface area contributed by atoms with E-state index in [0.29, 0.717) is 42.2 Å². The number of ether oxygens (including phenoxy) is 1. The van der Waals surface area contributed by atoms with Crippen LogP contribution in [0.25, 0.3) is 22.3 Å². The number of benzene rings is 2. The van der Waals surface area contributed by atoms with Gasteiger partial charge in [-0.25, -0.2) is 15.0 Å². The first-order chi connectivity index (χ1) is 20.0. The minimum atomic E-state index is -1.17. The minimum absolute atomic E-state index is 0.0975. The van der Waals surface area contributed by atoms with Gasteiger partial charge in [-0.05, 0) is 29.5 Å². The molecule has 6 rings (SSSR count). The van der Waals surface area contributed by atoms with Gasteiger partial charge in [0.05, 0.1) is 12.4 Å². The molecular weight excluding hydrogens is 544 g/mol. The van der Waals surface area contributed by atoms with Gasteiger partial charge in [-0.3, -0.25) is 9.36 Å². The van der Waals surface area contributed by atoms with Gasteiger partial charge < -0.3 is 30.7 Å². The number of rotatable bonds is 10. The molecule has 0 saturated carbocycles. The van der Waals surface area contributed by atoms with Crippen molar-refractivity contribution in [2.45, 2.75) is 48.7 Å². The summed E-state index contributed by atoms with van der Waals surface area (Å²) in [5, 5.41) is 37.1. The van der Waals surface area contributed by atoms with E-state index in [1.807, 2.05) is 18.2 Å². The lowest BCUT2D eigenvalue weighted by molar-refractivity contribution is -0.139. The molecule has 0 bridgehead atoms. The zero-order valence-corrected chi connectivity index (χ0v) is 23.0. The average molecular weight is 577 g/mol. The minimum Gasteiger partial charge on any atom is -0.480 e. The lowest BCUT2D eigenvalue weighted by Gasteiger charge is -2.17. The Hall–Kier alpha value is -3.55. The number of hydrogen-bond acceptors (Lipinski definition) is 10. The summed E-state index contributed by atoms with van der Waals surface area (Å²) in [6, 6.07) is 18.2. The molecule has 2 aromatic carbocycles. The van der Waals surface area contributed by atoms with Crippen molar-refractivity contribution in [3.8, 4) is 11.1 Å². The molecule has 0 radical (unpaired) electrons. The van der Waals surface area contributed by atoms with Crippen LogP contribution in [0, 0.1) is 0 Å². The fourth-order valence-electron chi connectivity index (χ4n) is 5.33. The molecule has 0 spiro atoms. The van der Waals surface area contributed by atoms with Gasteiger partial charge >= 0.3 is 5.97 Å². The van der Waals surface area contributed by atoms with Crippen molar-refractivity contribution in [3.05, 3.63) is 72.8 Å². The molecule has 0 aliphatic carbocycles. The Kier molecular flexibility index (Phi) is 8.17. The van der Waals surface area contributed by atoms with E-state index < -0.39 is 36.6 Å². The summed E-state index contributed by atoms with van der Waals surface area (Å²) in [4.78, 5) is 24.4. The summed E-state index contributed by atoms with van der Waals surface area (Å²) >= 11 is 1.54. The van der Waals surface area contributed by atoms with Crippen molar-refractivity contribution in [1.29, 1.82) is 0 Å². The van der Waals surface area contributed by atoms with Crippen molar-refractivity contribution in [1.82, 2.24) is 24.8 Å². The Morgan fingerprint density at radius 3 is 2.59 bits per heavy atom. The Balaban J connectivity index is 1.07. The number of carboxylic acid groups (broad SMARTS) is 1. The third kappa shape index (κ3) is 5.92. The maximum absolute atomic E-state index is 11.2. The highest BCUT2D eigenvalue weighted by atomic mass is 32.2. The Morgan fingerprint density at radius 2 is 1.83 bits per heavy atom. The molecule has 0 unspecified atom stereocenters. The van der Waals surface area contributed by atoms with E-state index in [1.165, 1.54) is 34.8 Å². The van der Waals surface area contributed by atoms with Crippen LogP contribution in [0.1, 0.15) is 18.2 Å². The van der Waals surface area contributed by atoms with Gasteiger partial charge in [0.1, 0.15) is 24.6 Å². The summed E-state index contributed by atoms with van der Waals surface area (Å²) in [5.74, 6) is 0.145. The first kappa shape index (κ1) is 27.6. The van der Waals surface area contributed by atoms with E-state index in [2.05, 4.69) is 62.0 Å². The van der Waals surface area contributed by atoms with Crippen LogP contribution < -0.4 is 10.6 Å². The fraction of sp³-hybridized carbons (Fsp3) is 0.379. The second-order valence-corrected chi connectivity index (χ2v) is 11.7. The van der Waals surface area contributed by atoms with Crippen LogP contribution in [0.5, 0.6) is 0 Å². The molecule has 0 amide bonds. The molecule has 2 saturated heterocycles. The summed E-state index contributed by atoms with van der Waals surface area (Å²) in [6.45, 7) is 1.22. The number of nitrogens with one attached hydrogen (secondary N) is 2. The molecule has 11 nitrogen and oxygen atoms in total. The fourth-order valence-corrected chi connectivity index (χ4v) is 6.61. The second kappa shape index (κ2) is 12.1. The molecule has 5 N–H and O–H groups in total. The van der Waals surface area contributed by atoms with Crippen LogP contribution >= 0.6 is 11.8 Å². The van der Waals surface area contributed by atoms with E-state index in [-0.39, 0.29) is 5.25 Å². The first-order valence-electron chi connectivity index (χ1n) is 13.6. The monoisotopic (exact) mass is 576 g/mol. The van der Waals surface area contributed by atoms with Crippen LogP contribution in [0.15, 0.2) is 67.3 Å². The largest absolute Gasteiger partial charge is 0.480 e. The highest BCUT2D eigenvalue weighted by Crippen LogP contribution is 2.35. The van der Waals surface area contributed by atoms with Gasteiger partial charge in [0.25, 0.3) is 0 Å². The van der Waals surface area contributed by atoms with Crippen molar-refractivity contribution in [3.63, 3.8) is 0 Å². The number of anilines is 1. The number of carboxylic acids is 1. The standard InChI is InChI=1S/C29H32N6O5S/c36-24-22(14-41-20-12-21(29(38)39)31-13-20)40-28(25(24)37)35-16-34-23-26(32-15-33-27(23)35)30-11-10-17-6-8-19(9-7-17)18-4-2-1-3-5-18/h1-9,15-16,20-22,24-25,28,31,36-37H,10-14H2,(H,38,39)(H,30,32,33)/t20-,21-,22+,24+,25+,28+/m0/s1. The number of carbonyl (C=O) groups is 1. The Labute approximate surface area is 241 Å². The Bertz CT molecular complexity index is 1490. The van der Waals surface area contributed by atoms with Gasteiger partial charge in [-0.15, -0.1) is 0 Å². The van der Waals surface area contributed by atoms with E-state index in [4.69, 9.17) is 4.74 Å². The predicted molar refractivity (Wildman–Crippen MR) is 156 cm³/mol. The first-order valence-corrected chi connectivity index (χ1v) is 14.7. The number of imidazole rings is 1. The number of aromatic nitrogens is 4. The highest BCUT2D eigenvalue weighted by Gasteiger charge is 2.44. The second-order valence-electron chi connectivity index (χ2n) is 10.3. The number of aliphatic carboxylic acids is 1. The van der Waals surface area contributed by atoms with E-state index in [0.717, 1.165) is 6.42 Å². The van der Waals surface area contributed by atoms with Gasteiger partial charge in [0, 0.05) is 24.1 Å². The molecule has 2 aliphatic heterocycles. The van der Waals surface area contributed by atoms with Gasteiger partial charge in [0.2, 0.25) is 0 Å². The number of aliphatic hydroxyl groups is 2. The van der Waals surface area contributed by atoms with Crippen molar-refractivity contribution >= 4 is 34.7 Å². The quantitative estimate of drug-likeness (QED) is 0.189. The lowest BCUT2D eigenvalue weighted by atomic mass is 10.0. The van der Waals surface area contributed by atoms with Crippen LogP contribution in [-0.4, -0.2) is 89.3 Å². The summed E-state index contributed by atoms with van der Waals surface area (Å²) < 4.78 is 7.70. The lowest BCUT2D eigenvalue weighted by Crippen LogP contribution is -2.33. The maximum Gasteiger partial charge on any atom is 0.320 e. The smallest absolute Gasteiger partial charge is 0.320 e. The Morgan fingerprint density at radius 1 is 1.05 bits per heavy atom. The molecule has 41 heavy (non-hydrogen) atoms. The van der Waals surface area contributed by atoms with E-state index in [9.17, 15) is 20.1 Å².